The number of aliphatic imine (C=N–C) groups is 1. The van der Waals surface area contributed by atoms with Crippen LogP contribution in [0.4, 0.5) is 11.4 Å². The number of para-hydroxylation sites is 2. The Labute approximate surface area is 154 Å². The average Bonchev–Trinajstić information content (AvgIpc) is 3.22. The molecule has 0 spiro atoms. The van der Waals surface area contributed by atoms with E-state index in [0.29, 0.717) is 13.0 Å². The quantitative estimate of drug-likeness (QED) is 0.659. The zero-order valence-corrected chi connectivity index (χ0v) is 15.0. The summed E-state index contributed by atoms with van der Waals surface area (Å²) < 4.78 is 0. The van der Waals surface area contributed by atoms with Gasteiger partial charge >= 0.3 is 0 Å². The van der Waals surface area contributed by atoms with E-state index >= 15 is 0 Å². The van der Waals surface area contributed by atoms with Crippen molar-refractivity contribution >= 4 is 23.2 Å². The van der Waals surface area contributed by atoms with Crippen LogP contribution >= 0.6 is 0 Å². The van der Waals surface area contributed by atoms with Crippen molar-refractivity contribution in [2.24, 2.45) is 4.99 Å². The predicted molar refractivity (Wildman–Crippen MR) is 106 cm³/mol. The maximum atomic E-state index is 12.3. The van der Waals surface area contributed by atoms with Gasteiger partial charge in [0.2, 0.25) is 5.91 Å². The first-order valence-electron chi connectivity index (χ1n) is 9.31. The first-order valence-corrected chi connectivity index (χ1v) is 9.31. The number of anilines is 2. The molecule has 134 valence electrons. The summed E-state index contributed by atoms with van der Waals surface area (Å²) in [6, 6.07) is 16.4. The number of carbonyl (C=O) groups is 1. The predicted octanol–water partition coefficient (Wildman–Crippen LogP) is 3.14. The SMILES string of the molecule is CCNC(=NCCC1C(=O)Nc2ccccc21)N1CCc2ccccc21. The molecule has 5 heteroatoms. The second-order valence-electron chi connectivity index (χ2n) is 6.68. The van der Waals surface area contributed by atoms with Crippen LogP contribution in [0.15, 0.2) is 53.5 Å². The first-order chi connectivity index (χ1) is 12.8. The molecule has 2 aromatic rings. The Morgan fingerprint density at radius 1 is 1.23 bits per heavy atom. The van der Waals surface area contributed by atoms with E-state index in [9.17, 15) is 4.79 Å². The smallest absolute Gasteiger partial charge is 0.232 e. The third-order valence-electron chi connectivity index (χ3n) is 5.07. The van der Waals surface area contributed by atoms with Gasteiger partial charge in [0.25, 0.3) is 0 Å². The van der Waals surface area contributed by atoms with Crippen molar-refractivity contribution in [3.05, 3.63) is 59.7 Å². The minimum atomic E-state index is -0.108. The van der Waals surface area contributed by atoms with Crippen LogP contribution in [0.5, 0.6) is 0 Å². The van der Waals surface area contributed by atoms with Crippen molar-refractivity contribution in [2.45, 2.75) is 25.7 Å². The number of hydrogen-bond donors (Lipinski definition) is 2. The van der Waals surface area contributed by atoms with Crippen LogP contribution in [-0.2, 0) is 11.2 Å². The molecule has 4 rings (SSSR count). The van der Waals surface area contributed by atoms with Crippen LogP contribution in [0.3, 0.4) is 0 Å². The Balaban J connectivity index is 1.49. The van der Waals surface area contributed by atoms with Crippen LogP contribution in [-0.4, -0.2) is 31.5 Å². The fourth-order valence-corrected chi connectivity index (χ4v) is 3.81. The van der Waals surface area contributed by atoms with Crippen molar-refractivity contribution in [3.63, 3.8) is 0 Å². The number of fused-ring (bicyclic) bond motifs is 2. The summed E-state index contributed by atoms with van der Waals surface area (Å²) in [5, 5.41) is 6.36. The largest absolute Gasteiger partial charge is 0.356 e. The van der Waals surface area contributed by atoms with Gasteiger partial charge in [-0.2, -0.15) is 0 Å². The van der Waals surface area contributed by atoms with Crippen LogP contribution in [0, 0.1) is 0 Å². The summed E-state index contributed by atoms with van der Waals surface area (Å²) in [6.45, 7) is 4.47. The van der Waals surface area contributed by atoms with Gasteiger partial charge in [-0.25, -0.2) is 0 Å². The molecule has 2 N–H and O–H groups in total. The Bertz CT molecular complexity index is 845. The van der Waals surface area contributed by atoms with E-state index in [1.165, 1.54) is 11.3 Å². The van der Waals surface area contributed by atoms with Crippen molar-refractivity contribution < 1.29 is 4.79 Å². The summed E-state index contributed by atoms with van der Waals surface area (Å²) in [5.41, 5.74) is 4.62. The summed E-state index contributed by atoms with van der Waals surface area (Å²) in [4.78, 5) is 19.3. The van der Waals surface area contributed by atoms with Crippen LogP contribution in [0.25, 0.3) is 0 Å². The highest BCUT2D eigenvalue weighted by atomic mass is 16.2. The van der Waals surface area contributed by atoms with Crippen LogP contribution in [0.2, 0.25) is 0 Å². The summed E-state index contributed by atoms with van der Waals surface area (Å²) in [7, 11) is 0. The van der Waals surface area contributed by atoms with Gasteiger partial charge in [0, 0.05) is 31.0 Å². The number of hydrogen-bond acceptors (Lipinski definition) is 2. The van der Waals surface area contributed by atoms with E-state index in [4.69, 9.17) is 4.99 Å². The average molecular weight is 348 g/mol. The first kappa shape index (κ1) is 16.6. The maximum Gasteiger partial charge on any atom is 0.232 e. The zero-order valence-electron chi connectivity index (χ0n) is 15.0. The molecule has 0 bridgehead atoms. The van der Waals surface area contributed by atoms with Gasteiger partial charge in [0.15, 0.2) is 5.96 Å². The topological polar surface area (TPSA) is 56.7 Å². The van der Waals surface area contributed by atoms with E-state index in [2.05, 4.69) is 46.7 Å². The monoisotopic (exact) mass is 348 g/mol. The molecular formula is C21H24N4O. The molecule has 1 unspecified atom stereocenters. The lowest BCUT2D eigenvalue weighted by molar-refractivity contribution is -0.117. The summed E-state index contributed by atoms with van der Waals surface area (Å²) in [5.74, 6) is 0.880. The van der Waals surface area contributed by atoms with E-state index in [0.717, 1.165) is 36.7 Å². The van der Waals surface area contributed by atoms with E-state index < -0.39 is 0 Å². The fourth-order valence-electron chi connectivity index (χ4n) is 3.81. The van der Waals surface area contributed by atoms with Gasteiger partial charge in [-0.15, -0.1) is 0 Å². The highest BCUT2D eigenvalue weighted by Gasteiger charge is 2.29. The number of carbonyl (C=O) groups excluding carboxylic acids is 1. The molecule has 2 aliphatic heterocycles. The van der Waals surface area contributed by atoms with Gasteiger partial charge in [-0.05, 0) is 43.0 Å². The van der Waals surface area contributed by atoms with E-state index in [1.54, 1.807) is 0 Å². The van der Waals surface area contributed by atoms with Gasteiger partial charge in [0.1, 0.15) is 0 Å². The molecule has 0 saturated carbocycles. The number of rotatable bonds is 4. The van der Waals surface area contributed by atoms with Gasteiger partial charge in [-0.3, -0.25) is 9.79 Å². The molecule has 2 aliphatic rings. The molecule has 1 atom stereocenters. The normalized spacial score (nSPS) is 18.5. The van der Waals surface area contributed by atoms with Gasteiger partial charge in [0.05, 0.1) is 5.92 Å². The molecule has 2 heterocycles. The highest BCUT2D eigenvalue weighted by molar-refractivity contribution is 6.03. The zero-order chi connectivity index (χ0) is 17.9. The second-order valence-corrected chi connectivity index (χ2v) is 6.68. The summed E-state index contributed by atoms with van der Waals surface area (Å²) in [6.07, 6.45) is 1.76. The Hall–Kier alpha value is -2.82. The van der Waals surface area contributed by atoms with Crippen molar-refractivity contribution in [3.8, 4) is 0 Å². The van der Waals surface area contributed by atoms with E-state index in [-0.39, 0.29) is 11.8 Å². The molecule has 26 heavy (non-hydrogen) atoms. The standard InChI is InChI=1S/C21H24N4O/c1-2-22-21(25-14-12-15-7-3-6-10-19(15)25)23-13-11-17-16-8-4-5-9-18(16)24-20(17)26/h3-10,17H,2,11-14H2,1H3,(H,22,23)(H,24,26). The lowest BCUT2D eigenvalue weighted by Crippen LogP contribution is -2.40. The van der Waals surface area contributed by atoms with Gasteiger partial charge in [-0.1, -0.05) is 36.4 Å². The minimum absolute atomic E-state index is 0.0814. The molecule has 2 aromatic carbocycles. The third-order valence-corrected chi connectivity index (χ3v) is 5.07. The molecule has 1 amide bonds. The van der Waals surface area contributed by atoms with Crippen molar-refractivity contribution in [2.75, 3.05) is 29.9 Å². The Morgan fingerprint density at radius 2 is 2.04 bits per heavy atom. The number of benzene rings is 2. The molecule has 0 saturated heterocycles. The summed E-state index contributed by atoms with van der Waals surface area (Å²) >= 11 is 0. The lowest BCUT2D eigenvalue weighted by atomic mass is 9.97. The molecular weight excluding hydrogens is 324 g/mol. The maximum absolute atomic E-state index is 12.3. The Kier molecular flexibility index (Phi) is 4.61. The fraction of sp³-hybridized carbons (Fsp3) is 0.333. The second kappa shape index (κ2) is 7.20. The van der Waals surface area contributed by atoms with Crippen LogP contribution < -0.4 is 15.5 Å². The number of nitrogens with zero attached hydrogens (tertiary/aromatic N) is 2. The van der Waals surface area contributed by atoms with Gasteiger partial charge < -0.3 is 15.5 Å². The third kappa shape index (κ3) is 3.05. The van der Waals surface area contributed by atoms with Crippen molar-refractivity contribution in [1.82, 2.24) is 5.32 Å². The highest BCUT2D eigenvalue weighted by Crippen LogP contribution is 2.34. The van der Waals surface area contributed by atoms with Crippen molar-refractivity contribution in [1.29, 1.82) is 0 Å². The molecule has 0 aliphatic carbocycles. The molecule has 0 aromatic heterocycles. The lowest BCUT2D eigenvalue weighted by Gasteiger charge is -2.22. The molecule has 0 radical (unpaired) electrons. The van der Waals surface area contributed by atoms with Crippen LogP contribution in [0.1, 0.15) is 30.4 Å². The molecule has 5 nitrogen and oxygen atoms in total. The number of amides is 1. The van der Waals surface area contributed by atoms with E-state index in [1.807, 2.05) is 24.3 Å². The molecule has 0 fully saturated rings. The minimum Gasteiger partial charge on any atom is -0.356 e. The Morgan fingerprint density at radius 3 is 2.92 bits per heavy atom. The number of guanidine groups is 1. The number of nitrogens with one attached hydrogen (secondary N) is 2.